The molecule has 0 saturated heterocycles. The molecule has 74 valence electrons. The zero-order chi connectivity index (χ0) is 10.6. The topological polar surface area (TPSA) is 63.3 Å². The van der Waals surface area contributed by atoms with E-state index in [1.165, 1.54) is 6.08 Å². The van der Waals surface area contributed by atoms with Crippen molar-refractivity contribution in [3.63, 3.8) is 0 Å². The van der Waals surface area contributed by atoms with Gasteiger partial charge in [-0.15, -0.1) is 0 Å². The minimum absolute atomic E-state index is 0.913. The molecule has 0 aliphatic rings. The molecule has 1 atom stereocenters. The summed E-state index contributed by atoms with van der Waals surface area (Å²) in [6.45, 7) is 0. The summed E-state index contributed by atoms with van der Waals surface area (Å²) in [5.41, 5.74) is 6.22. The summed E-state index contributed by atoms with van der Waals surface area (Å²) in [5, 5.41) is 8.53. The van der Waals surface area contributed by atoms with Crippen molar-refractivity contribution in [2.45, 2.75) is 6.04 Å². The molecule has 1 aromatic rings. The maximum absolute atomic E-state index is 10.4. The summed E-state index contributed by atoms with van der Waals surface area (Å²) in [6.07, 6.45) is 3.13. The molecule has 0 aliphatic heterocycles. The lowest BCUT2D eigenvalue weighted by Gasteiger charge is -1.98. The quantitative estimate of drug-likeness (QED) is 0.867. The van der Waals surface area contributed by atoms with Crippen LogP contribution in [0.25, 0.3) is 6.08 Å². The first-order valence-electron chi connectivity index (χ1n) is 4.02. The third kappa shape index (κ3) is 3.32. The van der Waals surface area contributed by atoms with Gasteiger partial charge in [0.2, 0.25) is 0 Å². The molecule has 14 heavy (non-hydrogen) atoms. The molecule has 4 heteroatoms. The predicted octanol–water partition coefficient (Wildman–Crippen LogP) is 1.87. The summed E-state index contributed by atoms with van der Waals surface area (Å²) in [4.78, 5) is 10.4. The summed E-state index contributed by atoms with van der Waals surface area (Å²) in [6, 6.07) is 6.57. The van der Waals surface area contributed by atoms with E-state index in [9.17, 15) is 4.79 Å². The Kier molecular flexibility index (Phi) is 3.85. The van der Waals surface area contributed by atoms with Crippen LogP contribution >= 0.6 is 15.9 Å². The van der Waals surface area contributed by atoms with E-state index < -0.39 is 12.0 Å². The first-order valence-corrected chi connectivity index (χ1v) is 4.81. The van der Waals surface area contributed by atoms with Gasteiger partial charge in [-0.2, -0.15) is 0 Å². The van der Waals surface area contributed by atoms with Crippen molar-refractivity contribution >= 4 is 28.0 Å². The highest BCUT2D eigenvalue weighted by atomic mass is 79.9. The lowest BCUT2D eigenvalue weighted by molar-refractivity contribution is -0.137. The highest BCUT2D eigenvalue weighted by Crippen LogP contribution is 2.12. The number of hydrogen-bond donors (Lipinski definition) is 2. The number of carboxylic acid groups (broad SMARTS) is 1. The zero-order valence-corrected chi connectivity index (χ0v) is 8.94. The minimum Gasteiger partial charge on any atom is -0.480 e. The number of nitrogens with two attached hydrogens (primary N) is 1. The molecule has 0 spiro atoms. The maximum Gasteiger partial charge on any atom is 0.324 e. The van der Waals surface area contributed by atoms with Gasteiger partial charge in [-0.05, 0) is 17.7 Å². The van der Waals surface area contributed by atoms with Gasteiger partial charge >= 0.3 is 5.97 Å². The van der Waals surface area contributed by atoms with Gasteiger partial charge in [0, 0.05) is 4.47 Å². The van der Waals surface area contributed by atoms with Crippen LogP contribution in [-0.2, 0) is 4.79 Å². The lowest BCUT2D eigenvalue weighted by atomic mass is 10.2. The van der Waals surface area contributed by atoms with Crippen molar-refractivity contribution in [3.05, 3.63) is 40.4 Å². The van der Waals surface area contributed by atoms with E-state index in [1.54, 1.807) is 6.08 Å². The normalized spacial score (nSPS) is 13.0. The Labute approximate surface area is 90.4 Å². The number of halogens is 1. The summed E-state index contributed by atoms with van der Waals surface area (Å²) in [7, 11) is 0. The third-order valence-corrected chi connectivity index (χ3v) is 2.12. The van der Waals surface area contributed by atoms with Crippen LogP contribution in [0.3, 0.4) is 0 Å². The van der Waals surface area contributed by atoms with E-state index in [2.05, 4.69) is 15.9 Å². The van der Waals surface area contributed by atoms with E-state index in [1.807, 2.05) is 24.3 Å². The zero-order valence-electron chi connectivity index (χ0n) is 7.35. The fourth-order valence-electron chi connectivity index (χ4n) is 0.907. The van der Waals surface area contributed by atoms with Gasteiger partial charge in [0.15, 0.2) is 0 Å². The Morgan fingerprint density at radius 2 is 2.29 bits per heavy atom. The average Bonchev–Trinajstić information content (AvgIpc) is 2.14. The molecule has 3 nitrogen and oxygen atoms in total. The number of carboxylic acids is 1. The molecule has 0 saturated carbocycles. The first-order chi connectivity index (χ1) is 6.59. The standard InChI is InChI=1S/C10H10BrNO2/c11-8-3-1-2-7(6-8)4-5-9(12)10(13)14/h1-6,9H,12H2,(H,13,14)/b5-4+. The van der Waals surface area contributed by atoms with Gasteiger partial charge in [0.25, 0.3) is 0 Å². The van der Waals surface area contributed by atoms with E-state index in [0.717, 1.165) is 10.0 Å². The van der Waals surface area contributed by atoms with Crippen molar-refractivity contribution in [1.29, 1.82) is 0 Å². The molecule has 0 radical (unpaired) electrons. The molecule has 1 aromatic carbocycles. The Morgan fingerprint density at radius 1 is 1.57 bits per heavy atom. The predicted molar refractivity (Wildman–Crippen MR) is 58.8 cm³/mol. The maximum atomic E-state index is 10.4. The average molecular weight is 256 g/mol. The molecule has 0 fully saturated rings. The Balaban J connectivity index is 2.73. The Morgan fingerprint density at radius 3 is 2.86 bits per heavy atom. The van der Waals surface area contributed by atoms with Gasteiger partial charge in [0.1, 0.15) is 6.04 Å². The Hall–Kier alpha value is -1.13. The Bertz CT molecular complexity index is 363. The second-order valence-electron chi connectivity index (χ2n) is 2.78. The monoisotopic (exact) mass is 255 g/mol. The van der Waals surface area contributed by atoms with Gasteiger partial charge in [0.05, 0.1) is 0 Å². The van der Waals surface area contributed by atoms with Crippen molar-refractivity contribution in [3.8, 4) is 0 Å². The molecule has 1 unspecified atom stereocenters. The van der Waals surface area contributed by atoms with Crippen molar-refractivity contribution in [2.75, 3.05) is 0 Å². The van der Waals surface area contributed by atoms with Gasteiger partial charge in [-0.25, -0.2) is 0 Å². The van der Waals surface area contributed by atoms with Crippen LogP contribution in [0.2, 0.25) is 0 Å². The van der Waals surface area contributed by atoms with Crippen LogP contribution in [0.15, 0.2) is 34.8 Å². The van der Waals surface area contributed by atoms with Gasteiger partial charge in [-0.3, -0.25) is 4.79 Å². The fourth-order valence-corrected chi connectivity index (χ4v) is 1.32. The number of aliphatic carboxylic acids is 1. The summed E-state index contributed by atoms with van der Waals surface area (Å²) >= 11 is 3.32. The van der Waals surface area contributed by atoms with Crippen LogP contribution in [0.1, 0.15) is 5.56 Å². The van der Waals surface area contributed by atoms with E-state index in [0.29, 0.717) is 0 Å². The summed E-state index contributed by atoms with van der Waals surface area (Å²) < 4.78 is 0.948. The van der Waals surface area contributed by atoms with Crippen LogP contribution in [-0.4, -0.2) is 17.1 Å². The molecular weight excluding hydrogens is 246 g/mol. The van der Waals surface area contributed by atoms with Crippen LogP contribution in [0, 0.1) is 0 Å². The molecule has 1 rings (SSSR count). The number of hydrogen-bond acceptors (Lipinski definition) is 2. The highest BCUT2D eigenvalue weighted by molar-refractivity contribution is 9.10. The third-order valence-electron chi connectivity index (χ3n) is 1.63. The van der Waals surface area contributed by atoms with Gasteiger partial charge in [-0.1, -0.05) is 40.2 Å². The highest BCUT2D eigenvalue weighted by Gasteiger charge is 2.05. The molecular formula is C10H10BrNO2. The fraction of sp³-hybridized carbons (Fsp3) is 0.100. The number of rotatable bonds is 3. The molecule has 0 heterocycles. The molecule has 3 N–H and O–H groups in total. The SMILES string of the molecule is NC(/C=C/c1cccc(Br)c1)C(=O)O. The number of benzene rings is 1. The summed E-state index contributed by atoms with van der Waals surface area (Å²) in [5.74, 6) is -1.03. The second-order valence-corrected chi connectivity index (χ2v) is 3.69. The van der Waals surface area contributed by atoms with Crippen LogP contribution in [0.5, 0.6) is 0 Å². The van der Waals surface area contributed by atoms with Crippen molar-refractivity contribution < 1.29 is 9.90 Å². The lowest BCUT2D eigenvalue weighted by Crippen LogP contribution is -2.27. The van der Waals surface area contributed by atoms with Crippen LogP contribution in [0.4, 0.5) is 0 Å². The van der Waals surface area contributed by atoms with Crippen molar-refractivity contribution in [1.82, 2.24) is 0 Å². The number of carbonyl (C=O) groups is 1. The van der Waals surface area contributed by atoms with E-state index >= 15 is 0 Å². The van der Waals surface area contributed by atoms with Crippen molar-refractivity contribution in [2.24, 2.45) is 5.73 Å². The molecule has 0 aliphatic carbocycles. The minimum atomic E-state index is -1.03. The second kappa shape index (κ2) is 4.93. The molecule has 0 amide bonds. The van der Waals surface area contributed by atoms with E-state index in [-0.39, 0.29) is 0 Å². The largest absolute Gasteiger partial charge is 0.480 e. The smallest absolute Gasteiger partial charge is 0.324 e. The molecule has 0 bridgehead atoms. The van der Waals surface area contributed by atoms with E-state index in [4.69, 9.17) is 10.8 Å². The molecule has 0 aromatic heterocycles. The first kappa shape index (κ1) is 10.9. The van der Waals surface area contributed by atoms with Gasteiger partial charge < -0.3 is 10.8 Å². The van der Waals surface area contributed by atoms with Crippen LogP contribution < -0.4 is 5.73 Å².